The van der Waals surface area contributed by atoms with Crippen LogP contribution in [0.15, 0.2) is 30.6 Å². The molecule has 0 amide bonds. The monoisotopic (exact) mass is 289 g/mol. The molecular formula is C16H17F2N3. The van der Waals surface area contributed by atoms with E-state index in [4.69, 9.17) is 0 Å². The Balaban J connectivity index is 1.58. The molecule has 2 aromatic rings. The van der Waals surface area contributed by atoms with Crippen LogP contribution in [0.2, 0.25) is 0 Å². The number of nitrogens with one attached hydrogen (secondary N) is 1. The largest absolute Gasteiger partial charge is 0.348 e. The van der Waals surface area contributed by atoms with Gasteiger partial charge >= 0.3 is 0 Å². The van der Waals surface area contributed by atoms with Crippen molar-refractivity contribution in [1.29, 1.82) is 0 Å². The molecule has 2 aliphatic rings. The Labute approximate surface area is 122 Å². The molecule has 0 bridgehead atoms. The summed E-state index contributed by atoms with van der Waals surface area (Å²) in [6.45, 7) is 0.403. The number of aromatic nitrogens is 2. The van der Waals surface area contributed by atoms with Crippen molar-refractivity contribution in [2.24, 2.45) is 0 Å². The van der Waals surface area contributed by atoms with E-state index in [9.17, 15) is 8.78 Å². The first-order chi connectivity index (χ1) is 10.1. The van der Waals surface area contributed by atoms with E-state index < -0.39 is 5.92 Å². The van der Waals surface area contributed by atoms with E-state index in [2.05, 4.69) is 22.1 Å². The highest BCUT2D eigenvalue weighted by Crippen LogP contribution is 2.39. The Bertz CT molecular complexity index is 644. The summed E-state index contributed by atoms with van der Waals surface area (Å²) >= 11 is 0. The van der Waals surface area contributed by atoms with E-state index in [-0.39, 0.29) is 13.1 Å². The van der Waals surface area contributed by atoms with Crippen LogP contribution < -0.4 is 0 Å². The van der Waals surface area contributed by atoms with E-state index >= 15 is 0 Å². The Morgan fingerprint density at radius 1 is 1.33 bits per heavy atom. The normalized spacial score (nSPS) is 23.8. The fourth-order valence-corrected chi connectivity index (χ4v) is 3.59. The van der Waals surface area contributed by atoms with Crippen LogP contribution in [0.3, 0.4) is 0 Å². The number of hydrogen-bond donors (Lipinski definition) is 1. The van der Waals surface area contributed by atoms with Gasteiger partial charge in [-0.25, -0.2) is 13.8 Å². The number of alkyl halides is 2. The second-order valence-electron chi connectivity index (χ2n) is 6.05. The Kier molecular flexibility index (Phi) is 2.85. The zero-order valence-electron chi connectivity index (χ0n) is 11.6. The van der Waals surface area contributed by atoms with Gasteiger partial charge in [0, 0.05) is 24.9 Å². The molecular weight excluding hydrogens is 272 g/mol. The molecule has 1 fully saturated rings. The van der Waals surface area contributed by atoms with Gasteiger partial charge in [0.2, 0.25) is 0 Å². The van der Waals surface area contributed by atoms with Gasteiger partial charge in [-0.2, -0.15) is 0 Å². The highest BCUT2D eigenvalue weighted by molar-refractivity contribution is 5.44. The first kappa shape index (κ1) is 13.0. The standard InChI is InChI=1S/C16H17F2N3/c17-16(18)9-21(10-16)8-11-2-1-3-13-12(11)4-5-14(13)15-19-6-7-20-15/h1-3,6-7,14H,4-5,8-10H2,(H,19,20). The summed E-state index contributed by atoms with van der Waals surface area (Å²) in [5, 5.41) is 0. The molecule has 0 saturated carbocycles. The van der Waals surface area contributed by atoms with Crippen molar-refractivity contribution in [2.75, 3.05) is 13.1 Å². The fraction of sp³-hybridized carbons (Fsp3) is 0.438. The molecule has 0 radical (unpaired) electrons. The SMILES string of the molecule is FC1(F)CN(Cc2cccc3c2CCC3c2ncc[nH]2)C1. The molecule has 1 aromatic heterocycles. The quantitative estimate of drug-likeness (QED) is 0.942. The molecule has 4 rings (SSSR count). The van der Waals surface area contributed by atoms with E-state index in [1.165, 1.54) is 16.7 Å². The first-order valence-electron chi connectivity index (χ1n) is 7.32. The lowest BCUT2D eigenvalue weighted by Crippen LogP contribution is -2.55. The number of halogens is 2. The van der Waals surface area contributed by atoms with E-state index in [0.29, 0.717) is 12.5 Å². The zero-order chi connectivity index (χ0) is 14.4. The highest BCUT2D eigenvalue weighted by Gasteiger charge is 2.43. The van der Waals surface area contributed by atoms with Gasteiger partial charge < -0.3 is 4.98 Å². The van der Waals surface area contributed by atoms with Crippen molar-refractivity contribution in [2.45, 2.75) is 31.2 Å². The smallest absolute Gasteiger partial charge is 0.272 e. The van der Waals surface area contributed by atoms with Gasteiger partial charge in [-0.1, -0.05) is 18.2 Å². The van der Waals surface area contributed by atoms with Gasteiger partial charge in [-0.15, -0.1) is 0 Å². The van der Waals surface area contributed by atoms with Crippen LogP contribution in [0.4, 0.5) is 8.78 Å². The number of likely N-dealkylation sites (tertiary alicyclic amines) is 1. The van der Waals surface area contributed by atoms with E-state index in [1.807, 2.05) is 17.2 Å². The molecule has 1 unspecified atom stereocenters. The molecule has 1 saturated heterocycles. The molecule has 0 spiro atoms. The van der Waals surface area contributed by atoms with Gasteiger partial charge in [0.15, 0.2) is 0 Å². The predicted octanol–water partition coefficient (Wildman–Crippen LogP) is 2.94. The Morgan fingerprint density at radius 3 is 2.90 bits per heavy atom. The topological polar surface area (TPSA) is 31.9 Å². The lowest BCUT2D eigenvalue weighted by atomic mass is 9.97. The fourth-order valence-electron chi connectivity index (χ4n) is 3.59. The molecule has 1 atom stereocenters. The van der Waals surface area contributed by atoms with Crippen molar-refractivity contribution < 1.29 is 8.78 Å². The predicted molar refractivity (Wildman–Crippen MR) is 75.4 cm³/mol. The van der Waals surface area contributed by atoms with E-state index in [0.717, 1.165) is 18.7 Å². The van der Waals surface area contributed by atoms with Crippen LogP contribution in [0, 0.1) is 0 Å². The molecule has 110 valence electrons. The minimum absolute atomic E-state index is 0.113. The van der Waals surface area contributed by atoms with Crippen LogP contribution in [-0.2, 0) is 13.0 Å². The third-order valence-electron chi connectivity index (χ3n) is 4.52. The second-order valence-corrected chi connectivity index (χ2v) is 6.05. The molecule has 21 heavy (non-hydrogen) atoms. The second kappa shape index (κ2) is 4.63. The molecule has 1 aliphatic carbocycles. The lowest BCUT2D eigenvalue weighted by Gasteiger charge is -2.39. The molecule has 1 N–H and O–H groups in total. The maximum absolute atomic E-state index is 13.0. The van der Waals surface area contributed by atoms with Crippen LogP contribution in [0.1, 0.15) is 34.9 Å². The third-order valence-corrected chi connectivity index (χ3v) is 4.52. The first-order valence-corrected chi connectivity index (χ1v) is 7.32. The van der Waals surface area contributed by atoms with Crippen LogP contribution in [0.25, 0.3) is 0 Å². The van der Waals surface area contributed by atoms with Gasteiger partial charge in [0.1, 0.15) is 5.82 Å². The van der Waals surface area contributed by atoms with Gasteiger partial charge in [-0.3, -0.25) is 4.90 Å². The van der Waals surface area contributed by atoms with Crippen molar-refractivity contribution in [3.63, 3.8) is 0 Å². The number of imidazole rings is 1. The average Bonchev–Trinajstić information content (AvgIpc) is 3.05. The lowest BCUT2D eigenvalue weighted by molar-refractivity contribution is -0.133. The minimum Gasteiger partial charge on any atom is -0.348 e. The van der Waals surface area contributed by atoms with Crippen molar-refractivity contribution in [3.05, 3.63) is 53.1 Å². The Hall–Kier alpha value is -1.75. The van der Waals surface area contributed by atoms with Crippen LogP contribution in [-0.4, -0.2) is 33.9 Å². The third kappa shape index (κ3) is 2.25. The summed E-state index contributed by atoms with van der Waals surface area (Å²) in [6.07, 6.45) is 5.66. The summed E-state index contributed by atoms with van der Waals surface area (Å²) in [5.74, 6) is -1.18. The number of H-pyrrole nitrogens is 1. The molecule has 2 heterocycles. The Morgan fingerprint density at radius 2 is 2.19 bits per heavy atom. The van der Waals surface area contributed by atoms with Crippen LogP contribution >= 0.6 is 0 Å². The van der Waals surface area contributed by atoms with Crippen molar-refractivity contribution in [3.8, 4) is 0 Å². The number of fused-ring (bicyclic) bond motifs is 1. The summed E-state index contributed by atoms with van der Waals surface area (Å²) in [7, 11) is 0. The van der Waals surface area contributed by atoms with Crippen molar-refractivity contribution >= 4 is 0 Å². The summed E-state index contributed by atoms with van der Waals surface area (Å²) < 4.78 is 25.9. The van der Waals surface area contributed by atoms with Gasteiger partial charge in [0.05, 0.1) is 13.1 Å². The summed E-state index contributed by atoms with van der Waals surface area (Å²) in [6, 6.07) is 6.25. The summed E-state index contributed by atoms with van der Waals surface area (Å²) in [4.78, 5) is 9.38. The molecule has 1 aliphatic heterocycles. The minimum atomic E-state index is -2.49. The maximum Gasteiger partial charge on any atom is 0.272 e. The number of benzene rings is 1. The molecule has 5 heteroatoms. The maximum atomic E-state index is 13.0. The summed E-state index contributed by atoms with van der Waals surface area (Å²) in [5.41, 5.74) is 3.82. The van der Waals surface area contributed by atoms with Gasteiger partial charge in [-0.05, 0) is 29.5 Å². The number of aromatic amines is 1. The average molecular weight is 289 g/mol. The zero-order valence-corrected chi connectivity index (χ0v) is 11.6. The van der Waals surface area contributed by atoms with E-state index in [1.54, 1.807) is 6.20 Å². The van der Waals surface area contributed by atoms with Gasteiger partial charge in [0.25, 0.3) is 5.92 Å². The highest BCUT2D eigenvalue weighted by atomic mass is 19.3. The number of hydrogen-bond acceptors (Lipinski definition) is 2. The van der Waals surface area contributed by atoms with Crippen molar-refractivity contribution in [1.82, 2.24) is 14.9 Å². The molecule has 3 nitrogen and oxygen atoms in total. The number of nitrogens with zero attached hydrogens (tertiary/aromatic N) is 2. The number of rotatable bonds is 3. The van der Waals surface area contributed by atoms with Crippen LogP contribution in [0.5, 0.6) is 0 Å². The molecule has 1 aromatic carbocycles.